The van der Waals surface area contributed by atoms with Gasteiger partial charge in [-0.25, -0.2) is 4.98 Å². The second kappa shape index (κ2) is 10.6. The van der Waals surface area contributed by atoms with Gasteiger partial charge in [0.15, 0.2) is 0 Å². The minimum absolute atomic E-state index is 0.0634. The largest absolute Gasteiger partial charge is 0.391 e. The van der Waals surface area contributed by atoms with Crippen LogP contribution in [0.4, 0.5) is 0 Å². The summed E-state index contributed by atoms with van der Waals surface area (Å²) in [5, 5.41) is 13.4. The third-order valence-corrected chi connectivity index (χ3v) is 7.75. The summed E-state index contributed by atoms with van der Waals surface area (Å²) < 4.78 is 1.97. The number of carbonyl (C=O) groups is 3. The Kier molecular flexibility index (Phi) is 7.27. The summed E-state index contributed by atoms with van der Waals surface area (Å²) in [6.45, 7) is 6.48. The van der Waals surface area contributed by atoms with E-state index in [0.29, 0.717) is 18.7 Å². The molecule has 3 amide bonds. The van der Waals surface area contributed by atoms with Gasteiger partial charge >= 0.3 is 0 Å². The van der Waals surface area contributed by atoms with Crippen molar-refractivity contribution in [1.82, 2.24) is 24.7 Å². The van der Waals surface area contributed by atoms with Crippen LogP contribution in [-0.4, -0.2) is 66.9 Å². The van der Waals surface area contributed by atoms with Gasteiger partial charge in [0.25, 0.3) is 5.91 Å². The van der Waals surface area contributed by atoms with E-state index in [1.54, 1.807) is 17.3 Å². The van der Waals surface area contributed by atoms with Crippen LogP contribution in [0.5, 0.6) is 0 Å². The molecule has 2 unspecified atom stereocenters. The lowest BCUT2D eigenvalue weighted by molar-refractivity contribution is -0.143. The molecule has 2 N–H and O–H groups in total. The van der Waals surface area contributed by atoms with Crippen LogP contribution in [0.1, 0.15) is 47.4 Å². The molecule has 3 aromatic rings. The van der Waals surface area contributed by atoms with Gasteiger partial charge in [-0.15, -0.1) is 0 Å². The molecule has 0 aliphatic carbocycles. The fraction of sp³-hybridized carbons (Fsp3) is 0.400. The number of aliphatic hydroxyl groups excluding tert-OH is 1. The Balaban J connectivity index is 1.27. The first-order chi connectivity index (χ1) is 18.7. The highest BCUT2D eigenvalue weighted by Gasteiger charge is 2.45. The summed E-state index contributed by atoms with van der Waals surface area (Å²) in [6.07, 6.45) is 1.14. The molecule has 204 valence electrons. The predicted octanol–water partition coefficient (Wildman–Crippen LogP) is 2.65. The van der Waals surface area contributed by atoms with Gasteiger partial charge in [-0.1, -0.05) is 56.3 Å². The molecule has 5 rings (SSSR count). The molecular weight excluding hydrogens is 494 g/mol. The van der Waals surface area contributed by atoms with E-state index in [1.165, 1.54) is 4.90 Å². The summed E-state index contributed by atoms with van der Waals surface area (Å²) in [6, 6.07) is 13.8. The number of rotatable bonds is 7. The summed E-state index contributed by atoms with van der Waals surface area (Å²) in [5.41, 5.74) is 5.44. The number of nitrogens with one attached hydrogen (secondary N) is 1. The highest BCUT2D eigenvalue weighted by atomic mass is 16.3. The Morgan fingerprint density at radius 1 is 1.13 bits per heavy atom. The SMILES string of the molecule is Cc1ncn(C)c1-c1ccc(CNC(=O)C2CC(O)CN2C(=O)[C@H](C(C)C)N2Cc3ccccc3C2=O)cc1. The molecule has 0 radical (unpaired) electrons. The maximum Gasteiger partial charge on any atom is 0.255 e. The van der Waals surface area contributed by atoms with Crippen LogP contribution in [0.25, 0.3) is 11.3 Å². The van der Waals surface area contributed by atoms with Gasteiger partial charge in [-0.05, 0) is 30.0 Å². The molecule has 0 saturated carbocycles. The first-order valence-corrected chi connectivity index (χ1v) is 13.4. The van der Waals surface area contributed by atoms with Crippen molar-refractivity contribution in [2.24, 2.45) is 13.0 Å². The molecular formula is C30H35N5O4. The lowest BCUT2D eigenvalue weighted by Crippen LogP contribution is -2.55. The number of hydrogen-bond donors (Lipinski definition) is 2. The summed E-state index contributed by atoms with van der Waals surface area (Å²) in [4.78, 5) is 47.7. The number of β-amino-alcohol motifs (C(OH)–C–C–N with tert-alkyl or cyclic N) is 1. The third kappa shape index (κ3) is 5.06. The smallest absolute Gasteiger partial charge is 0.255 e. The number of benzene rings is 2. The number of aromatic nitrogens is 2. The molecule has 2 aromatic carbocycles. The fourth-order valence-corrected chi connectivity index (χ4v) is 5.80. The average molecular weight is 530 g/mol. The van der Waals surface area contributed by atoms with Crippen LogP contribution in [0, 0.1) is 12.8 Å². The number of imidazole rings is 1. The summed E-state index contributed by atoms with van der Waals surface area (Å²) in [5.74, 6) is -0.967. The first kappa shape index (κ1) is 26.6. The maximum absolute atomic E-state index is 13.8. The summed E-state index contributed by atoms with van der Waals surface area (Å²) >= 11 is 0. The predicted molar refractivity (Wildman–Crippen MR) is 146 cm³/mol. The van der Waals surface area contributed by atoms with Crippen LogP contribution < -0.4 is 5.32 Å². The molecule has 39 heavy (non-hydrogen) atoms. The second-order valence-corrected chi connectivity index (χ2v) is 10.9. The number of amides is 3. The highest BCUT2D eigenvalue weighted by molar-refractivity contribution is 6.01. The van der Waals surface area contributed by atoms with Crippen molar-refractivity contribution < 1.29 is 19.5 Å². The van der Waals surface area contributed by atoms with Crippen molar-refractivity contribution in [2.75, 3.05) is 6.54 Å². The molecule has 2 aliphatic rings. The number of likely N-dealkylation sites (tertiary alicyclic amines) is 1. The van der Waals surface area contributed by atoms with Gasteiger partial charge in [-0.3, -0.25) is 14.4 Å². The molecule has 1 saturated heterocycles. The van der Waals surface area contributed by atoms with Gasteiger partial charge in [0.2, 0.25) is 11.8 Å². The Labute approximate surface area is 228 Å². The Hall–Kier alpha value is -3.98. The van der Waals surface area contributed by atoms with Gasteiger partial charge in [0.1, 0.15) is 12.1 Å². The first-order valence-electron chi connectivity index (χ1n) is 13.4. The van der Waals surface area contributed by atoms with Crippen molar-refractivity contribution in [1.29, 1.82) is 0 Å². The van der Waals surface area contributed by atoms with Crippen molar-refractivity contribution in [3.63, 3.8) is 0 Å². The van der Waals surface area contributed by atoms with E-state index >= 15 is 0 Å². The van der Waals surface area contributed by atoms with E-state index in [1.807, 2.05) is 74.9 Å². The zero-order valence-electron chi connectivity index (χ0n) is 22.8. The van der Waals surface area contributed by atoms with Crippen LogP contribution in [0.2, 0.25) is 0 Å². The quantitative estimate of drug-likeness (QED) is 0.489. The molecule has 0 bridgehead atoms. The zero-order chi connectivity index (χ0) is 27.8. The molecule has 9 heteroatoms. The zero-order valence-corrected chi connectivity index (χ0v) is 22.8. The van der Waals surface area contributed by atoms with Crippen molar-refractivity contribution in [3.8, 4) is 11.3 Å². The topological polar surface area (TPSA) is 108 Å². The van der Waals surface area contributed by atoms with Crippen molar-refractivity contribution >= 4 is 17.7 Å². The van der Waals surface area contributed by atoms with Crippen molar-refractivity contribution in [2.45, 2.75) is 58.5 Å². The molecule has 0 spiro atoms. The molecule has 2 aliphatic heterocycles. The van der Waals surface area contributed by atoms with Crippen molar-refractivity contribution in [3.05, 3.63) is 77.2 Å². The monoisotopic (exact) mass is 529 g/mol. The van der Waals surface area contributed by atoms with Crippen LogP contribution in [0.15, 0.2) is 54.9 Å². The van der Waals surface area contributed by atoms with Gasteiger partial charge < -0.3 is 24.8 Å². The number of hydrogen-bond acceptors (Lipinski definition) is 5. The van der Waals surface area contributed by atoms with Gasteiger partial charge in [0.05, 0.1) is 23.8 Å². The highest BCUT2D eigenvalue weighted by Crippen LogP contribution is 2.30. The Bertz CT molecular complexity index is 1380. The molecule has 3 atom stereocenters. The van der Waals surface area contributed by atoms with Crippen LogP contribution >= 0.6 is 0 Å². The van der Waals surface area contributed by atoms with E-state index in [2.05, 4.69) is 10.3 Å². The van der Waals surface area contributed by atoms with E-state index in [-0.39, 0.29) is 36.6 Å². The van der Waals surface area contributed by atoms with Crippen LogP contribution in [0.3, 0.4) is 0 Å². The number of nitrogens with zero attached hydrogens (tertiary/aromatic N) is 4. The van der Waals surface area contributed by atoms with E-state index in [9.17, 15) is 19.5 Å². The van der Waals surface area contributed by atoms with Gasteiger partial charge in [-0.2, -0.15) is 0 Å². The lowest BCUT2D eigenvalue weighted by atomic mass is 10.0. The number of aliphatic hydroxyl groups is 1. The molecule has 3 heterocycles. The fourth-order valence-electron chi connectivity index (χ4n) is 5.80. The van der Waals surface area contributed by atoms with E-state index in [4.69, 9.17) is 0 Å². The molecule has 9 nitrogen and oxygen atoms in total. The lowest BCUT2D eigenvalue weighted by Gasteiger charge is -2.35. The minimum Gasteiger partial charge on any atom is -0.391 e. The Morgan fingerprint density at radius 2 is 1.85 bits per heavy atom. The van der Waals surface area contributed by atoms with E-state index in [0.717, 1.165) is 28.1 Å². The Morgan fingerprint density at radius 3 is 2.49 bits per heavy atom. The number of fused-ring (bicyclic) bond motifs is 1. The number of carbonyl (C=O) groups excluding carboxylic acids is 3. The standard InChI is InChI=1S/C30H35N5O4/c1-18(2)26(35-15-22-7-5-6-8-24(22)29(35)38)30(39)34-16-23(36)13-25(34)28(37)31-14-20-9-11-21(12-10-20)27-19(3)32-17-33(27)4/h5-12,17-18,23,25-26,36H,13-16H2,1-4H3,(H,31,37)/t23?,25?,26-/m0/s1. The molecule has 1 aromatic heterocycles. The van der Waals surface area contributed by atoms with Gasteiger partial charge in [0, 0.05) is 44.2 Å². The van der Waals surface area contributed by atoms with Crippen LogP contribution in [-0.2, 0) is 29.7 Å². The maximum atomic E-state index is 13.8. The molecule has 1 fully saturated rings. The number of aryl methyl sites for hydroxylation is 2. The minimum atomic E-state index is -0.801. The normalized spacial score (nSPS) is 19.5. The summed E-state index contributed by atoms with van der Waals surface area (Å²) in [7, 11) is 1.95. The third-order valence-electron chi connectivity index (χ3n) is 7.75. The van der Waals surface area contributed by atoms with E-state index < -0.39 is 18.2 Å². The second-order valence-electron chi connectivity index (χ2n) is 10.9. The average Bonchev–Trinajstić information content (AvgIpc) is 3.58.